The summed E-state index contributed by atoms with van der Waals surface area (Å²) in [6, 6.07) is 0. The van der Waals surface area contributed by atoms with Crippen LogP contribution in [0.3, 0.4) is 0 Å². The Hall–Kier alpha value is -5.49. The van der Waals surface area contributed by atoms with Gasteiger partial charge in [-0.1, -0.05) is 13.8 Å². The van der Waals surface area contributed by atoms with E-state index < -0.39 is 119 Å². The Kier molecular flexibility index (Phi) is 32.1. The largest absolute Gasteiger partial charge is 0.463 e. The third kappa shape index (κ3) is 27.1. The molecule has 77 heavy (non-hydrogen) atoms. The van der Waals surface area contributed by atoms with Crippen LogP contribution in [0.1, 0.15) is 101 Å². The summed E-state index contributed by atoms with van der Waals surface area (Å²) in [6.07, 6.45) is -9.09. The fourth-order valence-corrected chi connectivity index (χ4v) is 8.07. The van der Waals surface area contributed by atoms with E-state index in [1.807, 2.05) is 0 Å². The summed E-state index contributed by atoms with van der Waals surface area (Å²) in [5.41, 5.74) is -1.72. The zero-order chi connectivity index (χ0) is 57.5. The summed E-state index contributed by atoms with van der Waals surface area (Å²) in [7, 11) is 0. The maximum Gasteiger partial charge on any atom is 0.303 e. The SMILES string of the molecule is CC(=O)CCC(CCC(=O)NCCOCCOCCOC1OC(COC(C)=O)C(OC(C)=O)C(OC(C)=O)C1C)(CCC(=O)NCCOCCOCCOC1OC(COC(C)=O)C(OC(C)=O)C(OC(C)=O)C1C)[N+](=O)[O-]. The lowest BCUT2D eigenvalue weighted by atomic mass is 9.83. The van der Waals surface area contributed by atoms with Gasteiger partial charge in [-0.15, -0.1) is 0 Å². The van der Waals surface area contributed by atoms with E-state index in [0.29, 0.717) is 0 Å². The molecule has 0 radical (unpaired) electrons. The third-order valence-electron chi connectivity index (χ3n) is 11.9. The van der Waals surface area contributed by atoms with E-state index in [1.54, 1.807) is 13.8 Å². The Morgan fingerprint density at radius 1 is 0.468 bits per heavy atom. The molecule has 2 saturated heterocycles. The fourth-order valence-electron chi connectivity index (χ4n) is 8.07. The van der Waals surface area contributed by atoms with Crippen molar-refractivity contribution in [3.8, 4) is 0 Å². The average Bonchev–Trinajstić information content (AvgIpc) is 3.34. The van der Waals surface area contributed by atoms with E-state index in [0.717, 1.165) is 0 Å². The first-order valence-corrected chi connectivity index (χ1v) is 25.4. The number of carbonyl (C=O) groups excluding carboxylic acids is 9. The smallest absolute Gasteiger partial charge is 0.303 e. The standard InChI is InChI=1S/C49H79N3O25/c1-30(53)10-13-49(52(62)63,14-11-41(60)50-16-18-64-20-22-66-24-26-68-47-31(2)43(72-35(6)56)45(74-37(8)58)39(76-47)28-70-33(4)54)15-12-42(61)51-17-19-65-21-23-67-25-27-69-48-32(3)44(73-36(7)57)46(75-38(9)59)40(77-48)29-71-34(5)55/h31-32,39-40,43-48H,10-29H2,1-9H3,(H,50,60)(H,51,61). The minimum Gasteiger partial charge on any atom is -0.463 e. The van der Waals surface area contributed by atoms with Gasteiger partial charge in [-0.25, -0.2) is 0 Å². The number of nitrogens with one attached hydrogen (secondary N) is 2. The van der Waals surface area contributed by atoms with Crippen LogP contribution in [0, 0.1) is 22.0 Å². The van der Waals surface area contributed by atoms with Crippen LogP contribution < -0.4 is 10.6 Å². The highest BCUT2D eigenvalue weighted by atomic mass is 16.7. The van der Waals surface area contributed by atoms with Crippen LogP contribution in [0.15, 0.2) is 0 Å². The fraction of sp³-hybridized carbons (Fsp3) is 0.816. The highest BCUT2D eigenvalue weighted by molar-refractivity contribution is 5.77. The van der Waals surface area contributed by atoms with Crippen LogP contribution in [0.4, 0.5) is 0 Å². The molecule has 0 saturated carbocycles. The van der Waals surface area contributed by atoms with Crippen molar-refractivity contribution in [1.29, 1.82) is 0 Å². The number of hydrogen-bond donors (Lipinski definition) is 2. The number of nitro groups is 1. The van der Waals surface area contributed by atoms with Gasteiger partial charge in [0.25, 0.3) is 0 Å². The molecule has 28 nitrogen and oxygen atoms in total. The van der Waals surface area contributed by atoms with E-state index in [-0.39, 0.29) is 137 Å². The van der Waals surface area contributed by atoms with E-state index in [4.69, 9.17) is 66.3 Å². The third-order valence-corrected chi connectivity index (χ3v) is 11.9. The van der Waals surface area contributed by atoms with Crippen LogP contribution in [-0.2, 0) is 109 Å². The summed E-state index contributed by atoms with van der Waals surface area (Å²) in [6.45, 7) is 12.6. The Morgan fingerprint density at radius 3 is 1.12 bits per heavy atom. The second-order valence-corrected chi connectivity index (χ2v) is 18.3. The molecule has 2 fully saturated rings. The van der Waals surface area contributed by atoms with E-state index in [1.165, 1.54) is 48.5 Å². The monoisotopic (exact) mass is 1110 g/mol. The lowest BCUT2D eigenvalue weighted by Crippen LogP contribution is -2.58. The summed E-state index contributed by atoms with van der Waals surface area (Å²) in [5.74, 6) is -6.15. The van der Waals surface area contributed by atoms with Crippen molar-refractivity contribution < 1.29 is 114 Å². The van der Waals surface area contributed by atoms with Crippen molar-refractivity contribution >= 4 is 53.4 Å². The number of carbonyl (C=O) groups is 9. The van der Waals surface area contributed by atoms with Gasteiger partial charge in [-0.05, 0) is 6.92 Å². The molecule has 2 amide bonds. The number of amides is 2. The maximum absolute atomic E-state index is 12.8. The molecule has 10 unspecified atom stereocenters. The Morgan fingerprint density at radius 2 is 0.792 bits per heavy atom. The molecule has 0 aliphatic carbocycles. The number of ether oxygens (including phenoxy) is 14. The number of ketones is 1. The Balaban J connectivity index is 1.69. The minimum atomic E-state index is -1.72. The lowest BCUT2D eigenvalue weighted by molar-refractivity contribution is -0.573. The summed E-state index contributed by atoms with van der Waals surface area (Å²) >= 11 is 0. The molecule has 2 aliphatic heterocycles. The minimum absolute atomic E-state index is 0.0448. The van der Waals surface area contributed by atoms with Gasteiger partial charge >= 0.3 is 35.8 Å². The van der Waals surface area contributed by atoms with Crippen LogP contribution in [0.25, 0.3) is 0 Å². The Labute approximate surface area is 447 Å². The van der Waals surface area contributed by atoms with Crippen LogP contribution in [0.5, 0.6) is 0 Å². The molecule has 2 N–H and O–H groups in total. The second kappa shape index (κ2) is 36.6. The molecule has 440 valence electrons. The second-order valence-electron chi connectivity index (χ2n) is 18.3. The topological polar surface area (TPSA) is 350 Å². The first kappa shape index (κ1) is 67.6. The van der Waals surface area contributed by atoms with Gasteiger partial charge < -0.3 is 81.7 Å². The molecular weight excluding hydrogens is 1030 g/mol. The van der Waals surface area contributed by atoms with E-state index in [9.17, 15) is 53.3 Å². The number of hydrogen-bond acceptors (Lipinski definition) is 25. The van der Waals surface area contributed by atoms with Crippen molar-refractivity contribution in [2.24, 2.45) is 11.8 Å². The molecule has 2 aliphatic rings. The molecule has 0 aromatic rings. The number of Topliss-reactive ketones (excluding diaryl/α,β-unsaturated/α-hetero) is 1. The van der Waals surface area contributed by atoms with Crippen LogP contribution in [-0.4, -0.2) is 205 Å². The van der Waals surface area contributed by atoms with Gasteiger partial charge in [0.1, 0.15) is 43.4 Å². The number of nitrogens with zero attached hydrogens (tertiary/aromatic N) is 1. The van der Waals surface area contributed by atoms with Crippen molar-refractivity contribution in [2.45, 2.75) is 156 Å². The zero-order valence-electron chi connectivity index (χ0n) is 45.6. The number of esters is 6. The lowest BCUT2D eigenvalue weighted by Gasteiger charge is -2.43. The van der Waals surface area contributed by atoms with Crippen LogP contribution in [0.2, 0.25) is 0 Å². The molecule has 0 spiro atoms. The van der Waals surface area contributed by atoms with E-state index >= 15 is 0 Å². The molecular formula is C49H79N3O25. The van der Waals surface area contributed by atoms with Crippen molar-refractivity contribution in [1.82, 2.24) is 10.6 Å². The summed E-state index contributed by atoms with van der Waals surface area (Å²) in [4.78, 5) is 120. The molecule has 0 bridgehead atoms. The van der Waals surface area contributed by atoms with Gasteiger partial charge in [0.2, 0.25) is 17.4 Å². The van der Waals surface area contributed by atoms with E-state index in [2.05, 4.69) is 10.6 Å². The zero-order valence-corrected chi connectivity index (χ0v) is 45.6. The van der Waals surface area contributed by atoms with Gasteiger partial charge in [0.15, 0.2) is 24.8 Å². The predicted molar refractivity (Wildman–Crippen MR) is 260 cm³/mol. The van der Waals surface area contributed by atoms with Crippen LogP contribution >= 0.6 is 0 Å². The first-order valence-electron chi connectivity index (χ1n) is 25.4. The quantitative estimate of drug-likeness (QED) is 0.0284. The maximum atomic E-state index is 12.8. The van der Waals surface area contributed by atoms with Gasteiger partial charge in [0.05, 0.1) is 66.1 Å². The predicted octanol–water partition coefficient (Wildman–Crippen LogP) is 0.839. The van der Waals surface area contributed by atoms with Crippen molar-refractivity contribution in [2.75, 3.05) is 92.4 Å². The van der Waals surface area contributed by atoms with Gasteiger partial charge in [0, 0.05) is 110 Å². The van der Waals surface area contributed by atoms with Crippen molar-refractivity contribution in [3.05, 3.63) is 10.1 Å². The average molecular weight is 1110 g/mol. The highest BCUT2D eigenvalue weighted by Crippen LogP contribution is 2.34. The summed E-state index contributed by atoms with van der Waals surface area (Å²) < 4.78 is 77.5. The molecule has 2 heterocycles. The highest BCUT2D eigenvalue weighted by Gasteiger charge is 2.50. The molecule has 0 aromatic carbocycles. The molecule has 2 rings (SSSR count). The molecule has 28 heteroatoms. The number of rotatable bonds is 38. The molecule has 0 aromatic heterocycles. The first-order chi connectivity index (χ1) is 36.5. The Bertz CT molecular complexity index is 1790. The molecule has 10 atom stereocenters. The van der Waals surface area contributed by atoms with Gasteiger partial charge in [-0.3, -0.25) is 48.5 Å². The normalized spacial score (nSPS) is 23.8. The summed E-state index contributed by atoms with van der Waals surface area (Å²) in [5, 5.41) is 17.7. The van der Waals surface area contributed by atoms with Gasteiger partial charge in [-0.2, -0.15) is 0 Å². The van der Waals surface area contributed by atoms with Crippen molar-refractivity contribution in [3.63, 3.8) is 0 Å².